The highest BCUT2D eigenvalue weighted by Crippen LogP contribution is 2.55. The number of halogens is 1. The van der Waals surface area contributed by atoms with Crippen LogP contribution in [0.1, 0.15) is 112 Å². The lowest BCUT2D eigenvalue weighted by molar-refractivity contribution is 0.169. The summed E-state index contributed by atoms with van der Waals surface area (Å²) in [7, 11) is -0.279. The maximum Gasteiger partial charge on any atom is 0.231 e. The van der Waals surface area contributed by atoms with E-state index in [1.54, 1.807) is 14.2 Å². The fourth-order valence-electron chi connectivity index (χ4n) is 6.17. The summed E-state index contributed by atoms with van der Waals surface area (Å²) in [6, 6.07) is 10.2. The minimum Gasteiger partial charge on any atom is -0.496 e. The van der Waals surface area contributed by atoms with Crippen LogP contribution in [0.5, 0.6) is 28.7 Å². The average molecular weight is 730 g/mol. The van der Waals surface area contributed by atoms with Gasteiger partial charge >= 0.3 is 0 Å². The van der Waals surface area contributed by atoms with Crippen LogP contribution in [0.4, 0.5) is 0 Å². The zero-order valence-electron chi connectivity index (χ0n) is 31.1. The van der Waals surface area contributed by atoms with E-state index in [2.05, 4.69) is 123 Å². The summed E-state index contributed by atoms with van der Waals surface area (Å²) in [5, 5.41) is 2.00. The van der Waals surface area contributed by atoms with Gasteiger partial charge in [-0.05, 0) is 74.8 Å². The van der Waals surface area contributed by atoms with Crippen LogP contribution < -0.4 is 39.6 Å². The Hall–Kier alpha value is -2.63. The van der Waals surface area contributed by atoms with Gasteiger partial charge in [-0.1, -0.05) is 83.1 Å². The van der Waals surface area contributed by atoms with Crippen molar-refractivity contribution in [1.82, 2.24) is 0 Å². The van der Waals surface area contributed by atoms with E-state index in [-0.39, 0.29) is 28.5 Å². The minimum absolute atomic E-state index is 0.0531. The predicted octanol–water partition coefficient (Wildman–Crippen LogP) is 9.42. The van der Waals surface area contributed by atoms with Crippen molar-refractivity contribution in [3.8, 4) is 28.7 Å². The van der Waals surface area contributed by atoms with E-state index in [1.165, 1.54) is 0 Å². The van der Waals surface area contributed by atoms with Crippen LogP contribution in [0.2, 0.25) is 0 Å². The second kappa shape index (κ2) is 12.7. The van der Waals surface area contributed by atoms with Crippen molar-refractivity contribution in [2.75, 3.05) is 27.6 Å². The lowest BCUT2D eigenvalue weighted by atomic mass is 9.79. The Morgan fingerprint density at radius 2 is 1.02 bits per heavy atom. The molecule has 1 aliphatic heterocycles. The maximum atomic E-state index is 16.8. The Kier molecular flexibility index (Phi) is 10.0. The molecule has 47 heavy (non-hydrogen) atoms. The van der Waals surface area contributed by atoms with Crippen molar-refractivity contribution in [3.63, 3.8) is 0 Å². The summed E-state index contributed by atoms with van der Waals surface area (Å²) in [6.45, 7) is 28.4. The van der Waals surface area contributed by atoms with Gasteiger partial charge in [0.1, 0.15) is 11.5 Å². The summed E-state index contributed by atoms with van der Waals surface area (Å²) >= 11 is 3.85. The molecule has 258 valence electrons. The van der Waals surface area contributed by atoms with Gasteiger partial charge in [0.25, 0.3) is 0 Å². The van der Waals surface area contributed by atoms with Gasteiger partial charge in [-0.3, -0.25) is 0 Å². The third-order valence-corrected chi connectivity index (χ3v) is 12.8. The molecule has 0 atom stereocenters. The summed E-state index contributed by atoms with van der Waals surface area (Å²) in [5.74, 6) is 3.14. The van der Waals surface area contributed by atoms with Crippen LogP contribution in [0, 0.1) is 0 Å². The third-order valence-electron chi connectivity index (χ3n) is 8.68. The van der Waals surface area contributed by atoms with Crippen LogP contribution in [0.15, 0.2) is 34.8 Å². The molecule has 4 rings (SSSR count). The zero-order valence-corrected chi connectivity index (χ0v) is 33.6. The van der Waals surface area contributed by atoms with Gasteiger partial charge in [0.05, 0.1) is 25.3 Å². The molecular formula is C39H54BrO6P. The quantitative estimate of drug-likeness (QED) is 0.226. The second-order valence-corrected chi connectivity index (χ2v) is 20.0. The number of rotatable bonds is 7. The lowest BCUT2D eigenvalue weighted by Crippen LogP contribution is -2.32. The van der Waals surface area contributed by atoms with Crippen LogP contribution >= 0.6 is 23.1 Å². The maximum absolute atomic E-state index is 16.8. The van der Waals surface area contributed by atoms with Gasteiger partial charge in [0.2, 0.25) is 12.5 Å². The highest BCUT2D eigenvalue weighted by molar-refractivity contribution is 9.10. The van der Waals surface area contributed by atoms with Gasteiger partial charge in [-0.25, -0.2) is 0 Å². The monoisotopic (exact) mass is 728 g/mol. The first kappa shape index (κ1) is 37.2. The molecule has 0 saturated carbocycles. The van der Waals surface area contributed by atoms with Crippen LogP contribution in [0.3, 0.4) is 0 Å². The number of ether oxygens (including phenoxy) is 5. The first-order valence-corrected chi connectivity index (χ1v) is 18.8. The Morgan fingerprint density at radius 1 is 0.660 bits per heavy atom. The molecule has 3 aromatic rings. The number of hydrogen-bond acceptors (Lipinski definition) is 6. The first-order chi connectivity index (χ1) is 21.5. The summed E-state index contributed by atoms with van der Waals surface area (Å²) in [6.07, 6.45) is 0. The zero-order chi connectivity index (χ0) is 35.5. The van der Waals surface area contributed by atoms with E-state index >= 15 is 4.57 Å². The van der Waals surface area contributed by atoms with Crippen LogP contribution in [0.25, 0.3) is 0 Å². The van der Waals surface area contributed by atoms with E-state index in [0.717, 1.165) is 33.8 Å². The van der Waals surface area contributed by atoms with Gasteiger partial charge in [-0.15, -0.1) is 0 Å². The van der Waals surface area contributed by atoms with Gasteiger partial charge < -0.3 is 28.2 Å². The predicted molar refractivity (Wildman–Crippen MR) is 199 cm³/mol. The lowest BCUT2D eigenvalue weighted by Gasteiger charge is -2.34. The van der Waals surface area contributed by atoms with Gasteiger partial charge in [0.15, 0.2) is 18.6 Å². The molecule has 6 nitrogen and oxygen atoms in total. The molecule has 0 unspecified atom stereocenters. The van der Waals surface area contributed by atoms with E-state index in [0.29, 0.717) is 44.2 Å². The van der Waals surface area contributed by atoms with Crippen LogP contribution in [-0.4, -0.2) is 27.6 Å². The first-order valence-electron chi connectivity index (χ1n) is 16.3. The van der Waals surface area contributed by atoms with Crippen molar-refractivity contribution < 1.29 is 28.2 Å². The standard InChI is InChI=1S/C39H54BrO6P/c1-16-44-29-21-30(31(40)35-34(29)45-22-46-35)47(41,23-17-25(36(2,3)4)32(42-14)26(18-23)37(5,6)7)24-19-27(38(8,9)10)33(43-15)28(20-24)39(11,12)13/h17-21H,16,22H2,1-15H3. The molecule has 8 heteroatoms. The molecule has 0 radical (unpaired) electrons. The molecule has 0 aromatic heterocycles. The Bertz CT molecular complexity index is 1560. The van der Waals surface area contributed by atoms with E-state index in [1.807, 2.05) is 13.0 Å². The molecule has 1 heterocycles. The molecule has 0 spiro atoms. The Morgan fingerprint density at radius 3 is 1.34 bits per heavy atom. The Balaban J connectivity index is 2.33. The Labute approximate surface area is 291 Å². The molecule has 0 fully saturated rings. The minimum atomic E-state index is -3.72. The summed E-state index contributed by atoms with van der Waals surface area (Å²) in [4.78, 5) is 0. The number of fused-ring (bicyclic) bond motifs is 1. The fraction of sp³-hybridized carbons (Fsp3) is 0.538. The molecule has 0 amide bonds. The third kappa shape index (κ3) is 6.81. The SMILES string of the molecule is CCOc1cc(P(=O)(c2cc(C(C)(C)C)c(OC)c(C(C)(C)C)c2)c2cc(C(C)(C)C)c(OC)c(C(C)(C)C)c2)c(Br)c2c1OCO2. The molecule has 0 N–H and O–H groups in total. The molecule has 0 saturated heterocycles. The van der Waals surface area contributed by atoms with Crippen molar-refractivity contribution in [2.24, 2.45) is 0 Å². The van der Waals surface area contributed by atoms with Crippen LogP contribution in [-0.2, 0) is 26.2 Å². The summed E-state index contributed by atoms with van der Waals surface area (Å²) < 4.78 is 47.7. The van der Waals surface area contributed by atoms with E-state index in [9.17, 15) is 0 Å². The van der Waals surface area contributed by atoms with Crippen molar-refractivity contribution in [3.05, 3.63) is 57.1 Å². The smallest absolute Gasteiger partial charge is 0.231 e. The van der Waals surface area contributed by atoms with Crippen molar-refractivity contribution in [1.29, 1.82) is 0 Å². The molecular weight excluding hydrogens is 675 g/mol. The molecule has 3 aromatic carbocycles. The van der Waals surface area contributed by atoms with E-state index < -0.39 is 7.14 Å². The van der Waals surface area contributed by atoms with Gasteiger partial charge in [-0.2, -0.15) is 0 Å². The van der Waals surface area contributed by atoms with E-state index in [4.69, 9.17) is 23.7 Å². The number of hydrogen-bond donors (Lipinski definition) is 0. The summed E-state index contributed by atoms with van der Waals surface area (Å²) in [5.41, 5.74) is 2.75. The molecule has 0 aliphatic carbocycles. The normalized spacial score (nSPS) is 14.0. The molecule has 0 bridgehead atoms. The molecule has 1 aliphatic rings. The topological polar surface area (TPSA) is 63.2 Å². The largest absolute Gasteiger partial charge is 0.496 e. The van der Waals surface area contributed by atoms with Gasteiger partial charge in [0, 0.05) is 38.2 Å². The highest BCUT2D eigenvalue weighted by atomic mass is 79.9. The average Bonchev–Trinajstić information content (AvgIpc) is 3.46. The second-order valence-electron chi connectivity index (χ2n) is 16.5. The van der Waals surface area contributed by atoms with Crippen molar-refractivity contribution >= 4 is 39.0 Å². The fourth-order valence-corrected chi connectivity index (χ4v) is 10.1. The number of benzene rings is 3. The highest BCUT2D eigenvalue weighted by Gasteiger charge is 2.41. The number of methoxy groups -OCH3 is 2. The van der Waals surface area contributed by atoms with Crippen molar-refractivity contribution in [2.45, 2.75) is 112 Å².